The maximum Gasteiger partial charge on any atom is 0.185 e. The quantitative estimate of drug-likeness (QED) is 0.195. The van der Waals surface area contributed by atoms with Crippen molar-refractivity contribution in [2.75, 3.05) is 19.1 Å². The van der Waals surface area contributed by atoms with Gasteiger partial charge in [0.15, 0.2) is 17.3 Å². The van der Waals surface area contributed by atoms with E-state index in [0.717, 1.165) is 11.3 Å². The van der Waals surface area contributed by atoms with E-state index in [-0.39, 0.29) is 17.3 Å². The van der Waals surface area contributed by atoms with Crippen molar-refractivity contribution < 1.29 is 23.9 Å². The maximum absolute atomic E-state index is 14.8. The SMILES string of the molecule is COc1ccc(OC)c([C@H]2[C@H](C(=O)c3ccccc3)N3c4ccc(Cl)cc4C=C[C@@H]3C23C(=O)c2ccccc2C3=O)c1. The standard InChI is InChI=1S/C35H26ClNO5/c1-41-23-14-16-28(42-2)26(19-23)30-31(32(38)20-8-4-3-5-9-20)37-27-15-13-22(36)18-21(27)12-17-29(37)35(30)33(39)24-10-6-7-11-25(24)34(35)40/h3-19,29-31H,1-2H3/t29-,30+,31-/m1/s1. The Labute approximate surface area is 248 Å². The molecule has 4 aromatic rings. The van der Waals surface area contributed by atoms with Gasteiger partial charge in [0.05, 0.1) is 20.3 Å². The molecule has 0 N–H and O–H groups in total. The monoisotopic (exact) mass is 575 g/mol. The van der Waals surface area contributed by atoms with E-state index in [1.54, 1.807) is 74.9 Å². The lowest BCUT2D eigenvalue weighted by atomic mass is 9.64. The Bertz CT molecular complexity index is 1780. The minimum Gasteiger partial charge on any atom is -0.497 e. The fourth-order valence-corrected chi connectivity index (χ4v) is 7.33. The number of carbonyl (C=O) groups excluding carboxylic acids is 3. The summed E-state index contributed by atoms with van der Waals surface area (Å²) in [5, 5.41) is 0.545. The summed E-state index contributed by atoms with van der Waals surface area (Å²) in [5.41, 5.74) is 1.63. The van der Waals surface area contributed by atoms with Crippen LogP contribution in [0.4, 0.5) is 5.69 Å². The van der Waals surface area contributed by atoms with Crippen LogP contribution >= 0.6 is 11.6 Å². The number of nitrogens with zero attached hydrogens (tertiary/aromatic N) is 1. The van der Waals surface area contributed by atoms with Gasteiger partial charge in [0, 0.05) is 38.9 Å². The van der Waals surface area contributed by atoms with Crippen LogP contribution in [0.5, 0.6) is 11.5 Å². The lowest BCUT2D eigenvalue weighted by molar-refractivity contribution is 0.0664. The number of ketones is 3. The van der Waals surface area contributed by atoms with Gasteiger partial charge in [-0.3, -0.25) is 14.4 Å². The molecule has 1 aliphatic carbocycles. The smallest absolute Gasteiger partial charge is 0.185 e. The number of anilines is 1. The molecule has 7 rings (SSSR count). The summed E-state index contributed by atoms with van der Waals surface area (Å²) in [6.45, 7) is 0. The van der Waals surface area contributed by atoms with Gasteiger partial charge in [-0.05, 0) is 42.0 Å². The maximum atomic E-state index is 14.8. The first-order valence-corrected chi connectivity index (χ1v) is 14.1. The predicted molar refractivity (Wildman–Crippen MR) is 161 cm³/mol. The van der Waals surface area contributed by atoms with Crippen molar-refractivity contribution in [1.29, 1.82) is 0 Å². The van der Waals surface area contributed by atoms with Gasteiger partial charge in [-0.15, -0.1) is 0 Å². The first-order chi connectivity index (χ1) is 20.4. The number of hydrogen-bond donors (Lipinski definition) is 0. The fourth-order valence-electron chi connectivity index (χ4n) is 7.15. The van der Waals surface area contributed by atoms with Crippen molar-refractivity contribution in [3.8, 4) is 11.5 Å². The predicted octanol–water partition coefficient (Wildman–Crippen LogP) is 6.67. The van der Waals surface area contributed by atoms with Crippen molar-refractivity contribution in [2.24, 2.45) is 5.41 Å². The molecule has 1 fully saturated rings. The highest BCUT2D eigenvalue weighted by Gasteiger charge is 2.72. The fraction of sp³-hybridized carbons (Fsp3) is 0.171. The average Bonchev–Trinajstić information content (AvgIpc) is 3.46. The highest BCUT2D eigenvalue weighted by atomic mass is 35.5. The summed E-state index contributed by atoms with van der Waals surface area (Å²) < 4.78 is 11.4. The van der Waals surface area contributed by atoms with Gasteiger partial charge in [0.25, 0.3) is 0 Å². The number of benzene rings is 4. The molecule has 42 heavy (non-hydrogen) atoms. The van der Waals surface area contributed by atoms with Gasteiger partial charge in [0.1, 0.15) is 23.0 Å². The van der Waals surface area contributed by atoms with Crippen LogP contribution < -0.4 is 14.4 Å². The van der Waals surface area contributed by atoms with Crippen LogP contribution in [0.3, 0.4) is 0 Å². The van der Waals surface area contributed by atoms with E-state index in [1.165, 1.54) is 0 Å². The van der Waals surface area contributed by atoms with Gasteiger partial charge in [-0.25, -0.2) is 0 Å². The van der Waals surface area contributed by atoms with Crippen LogP contribution in [0, 0.1) is 5.41 Å². The van der Waals surface area contributed by atoms with E-state index in [1.807, 2.05) is 47.4 Å². The molecule has 0 unspecified atom stereocenters. The highest BCUT2D eigenvalue weighted by Crippen LogP contribution is 2.62. The van der Waals surface area contributed by atoms with Crippen LogP contribution in [-0.4, -0.2) is 43.7 Å². The first kappa shape index (κ1) is 26.2. The molecule has 1 spiro atoms. The second kappa shape index (κ2) is 9.71. The molecule has 3 atom stereocenters. The molecular formula is C35H26ClNO5. The lowest BCUT2D eigenvalue weighted by Gasteiger charge is -2.37. The molecule has 7 heteroatoms. The molecule has 1 saturated heterocycles. The number of halogens is 1. The highest BCUT2D eigenvalue weighted by molar-refractivity contribution is 6.33. The summed E-state index contributed by atoms with van der Waals surface area (Å²) in [7, 11) is 3.09. The molecule has 0 aromatic heterocycles. The van der Waals surface area contributed by atoms with Crippen LogP contribution in [-0.2, 0) is 0 Å². The first-order valence-electron chi connectivity index (χ1n) is 13.7. The second-order valence-electron chi connectivity index (χ2n) is 10.7. The van der Waals surface area contributed by atoms with E-state index in [9.17, 15) is 14.4 Å². The zero-order valence-electron chi connectivity index (χ0n) is 22.9. The van der Waals surface area contributed by atoms with E-state index in [0.29, 0.717) is 38.8 Å². The number of ether oxygens (including phenoxy) is 2. The minimum absolute atomic E-state index is 0.208. The number of methoxy groups -OCH3 is 2. The average molecular weight is 576 g/mol. The second-order valence-corrected chi connectivity index (χ2v) is 11.2. The van der Waals surface area contributed by atoms with E-state index in [2.05, 4.69) is 0 Å². The summed E-state index contributed by atoms with van der Waals surface area (Å²) >= 11 is 6.38. The Morgan fingerprint density at radius 3 is 2.19 bits per heavy atom. The largest absolute Gasteiger partial charge is 0.497 e. The Morgan fingerprint density at radius 2 is 1.52 bits per heavy atom. The van der Waals surface area contributed by atoms with Gasteiger partial charge in [0.2, 0.25) is 0 Å². The molecule has 0 radical (unpaired) electrons. The van der Waals surface area contributed by atoms with Gasteiger partial charge in [-0.1, -0.05) is 78.4 Å². The Balaban J connectivity index is 1.59. The number of carbonyl (C=O) groups is 3. The third kappa shape index (κ3) is 3.48. The molecule has 6 nitrogen and oxygen atoms in total. The van der Waals surface area contributed by atoms with Crippen LogP contribution in [0.2, 0.25) is 5.02 Å². The zero-order chi connectivity index (χ0) is 29.2. The zero-order valence-corrected chi connectivity index (χ0v) is 23.7. The number of rotatable bonds is 5. The van der Waals surface area contributed by atoms with Gasteiger partial charge >= 0.3 is 0 Å². The number of fused-ring (bicyclic) bond motifs is 5. The third-order valence-corrected chi connectivity index (χ3v) is 9.10. The topological polar surface area (TPSA) is 72.9 Å². The van der Waals surface area contributed by atoms with Crippen molar-refractivity contribution in [3.05, 3.63) is 130 Å². The summed E-state index contributed by atoms with van der Waals surface area (Å²) in [5.74, 6) is -0.756. The molecule has 3 aliphatic rings. The minimum atomic E-state index is -1.65. The van der Waals surface area contributed by atoms with Crippen molar-refractivity contribution in [3.63, 3.8) is 0 Å². The number of Topliss-reactive ketones (excluding diaryl/α,β-unsaturated/α-hetero) is 3. The van der Waals surface area contributed by atoms with Crippen LogP contribution in [0.15, 0.2) is 97.1 Å². The molecule has 4 aromatic carbocycles. The normalized spacial score (nSPS) is 21.2. The Morgan fingerprint density at radius 1 is 0.833 bits per heavy atom. The van der Waals surface area contributed by atoms with E-state index >= 15 is 0 Å². The molecule has 0 bridgehead atoms. The Hall–Kier alpha value is -4.68. The van der Waals surface area contributed by atoms with Crippen molar-refractivity contribution in [2.45, 2.75) is 18.0 Å². The third-order valence-electron chi connectivity index (χ3n) is 8.86. The van der Waals surface area contributed by atoms with Gasteiger partial charge < -0.3 is 14.4 Å². The number of hydrogen-bond acceptors (Lipinski definition) is 6. The lowest BCUT2D eigenvalue weighted by Crippen LogP contribution is -2.48. The molecule has 0 amide bonds. The van der Waals surface area contributed by atoms with Crippen molar-refractivity contribution in [1.82, 2.24) is 0 Å². The molecule has 0 saturated carbocycles. The van der Waals surface area contributed by atoms with Crippen molar-refractivity contribution >= 4 is 40.7 Å². The summed E-state index contributed by atoms with van der Waals surface area (Å²) in [6.07, 6.45) is 3.77. The van der Waals surface area contributed by atoms with Gasteiger partial charge in [-0.2, -0.15) is 0 Å². The van der Waals surface area contributed by atoms with E-state index in [4.69, 9.17) is 21.1 Å². The van der Waals surface area contributed by atoms with E-state index < -0.39 is 23.4 Å². The molecule has 2 aliphatic heterocycles. The van der Waals surface area contributed by atoms with Crippen LogP contribution in [0.25, 0.3) is 6.08 Å². The summed E-state index contributed by atoms with van der Waals surface area (Å²) in [6, 6.07) is 25.0. The van der Waals surface area contributed by atoms with Crippen LogP contribution in [0.1, 0.15) is 48.1 Å². The Kier molecular flexibility index (Phi) is 6.06. The molecular weight excluding hydrogens is 550 g/mol. The summed E-state index contributed by atoms with van der Waals surface area (Å²) in [4.78, 5) is 46.3. The molecule has 208 valence electrons. The molecule has 2 heterocycles.